The third-order valence-electron chi connectivity index (χ3n) is 6.63. The average Bonchev–Trinajstić information content (AvgIpc) is 2.73. The standard InChI is InChI=1S/C22H26O5S2/c23-22-14-8-7-9-17(22)15-20(28(24,25)18-10-3-1-4-11-18)16-21(22)29(26,27)19-12-5-2-6-13-19/h1-6,10-13,17,20-21,23H,7-9,14-16H2/t17-,20+,21-,22-/m0/s1. The van der Waals surface area contributed by atoms with Crippen LogP contribution >= 0.6 is 0 Å². The smallest absolute Gasteiger partial charge is 0.184 e. The third kappa shape index (κ3) is 3.53. The van der Waals surface area contributed by atoms with E-state index in [-0.39, 0.29) is 22.1 Å². The number of hydrogen-bond acceptors (Lipinski definition) is 5. The van der Waals surface area contributed by atoms with Gasteiger partial charge in [-0.3, -0.25) is 0 Å². The van der Waals surface area contributed by atoms with Crippen LogP contribution in [0, 0.1) is 5.92 Å². The molecule has 0 bridgehead atoms. The summed E-state index contributed by atoms with van der Waals surface area (Å²) >= 11 is 0. The Morgan fingerprint density at radius 3 is 1.90 bits per heavy atom. The minimum Gasteiger partial charge on any atom is -0.388 e. The van der Waals surface area contributed by atoms with Gasteiger partial charge in [0, 0.05) is 0 Å². The molecule has 0 heterocycles. The highest BCUT2D eigenvalue weighted by Gasteiger charge is 2.57. The molecule has 0 radical (unpaired) electrons. The van der Waals surface area contributed by atoms with Gasteiger partial charge in [0.05, 0.1) is 25.9 Å². The summed E-state index contributed by atoms with van der Waals surface area (Å²) in [6.45, 7) is 0. The van der Waals surface area contributed by atoms with Crippen LogP contribution in [0.3, 0.4) is 0 Å². The first kappa shape index (κ1) is 20.6. The summed E-state index contributed by atoms with van der Waals surface area (Å²) in [5.74, 6) is -0.336. The molecule has 2 aliphatic rings. The maximum absolute atomic E-state index is 13.5. The van der Waals surface area contributed by atoms with Gasteiger partial charge in [0.1, 0.15) is 0 Å². The summed E-state index contributed by atoms with van der Waals surface area (Å²) in [6, 6.07) is 16.3. The summed E-state index contributed by atoms with van der Waals surface area (Å²) in [6.07, 6.45) is 2.90. The fraction of sp³-hybridized carbons (Fsp3) is 0.455. The Labute approximate surface area is 172 Å². The molecule has 2 fully saturated rings. The number of benzene rings is 2. The largest absolute Gasteiger partial charge is 0.388 e. The van der Waals surface area contributed by atoms with Gasteiger partial charge in [0.15, 0.2) is 19.7 Å². The molecular weight excluding hydrogens is 408 g/mol. The summed E-state index contributed by atoms with van der Waals surface area (Å²) in [4.78, 5) is 0.350. The zero-order valence-corrected chi connectivity index (χ0v) is 17.8. The molecule has 0 saturated heterocycles. The van der Waals surface area contributed by atoms with Crippen LogP contribution in [-0.2, 0) is 19.7 Å². The monoisotopic (exact) mass is 434 g/mol. The predicted octanol–water partition coefficient (Wildman–Crippen LogP) is 3.39. The first-order valence-corrected chi connectivity index (χ1v) is 13.2. The van der Waals surface area contributed by atoms with Gasteiger partial charge in [-0.25, -0.2) is 16.8 Å². The maximum atomic E-state index is 13.5. The Kier molecular flexibility index (Phi) is 5.34. The van der Waals surface area contributed by atoms with E-state index >= 15 is 0 Å². The first-order valence-electron chi connectivity index (χ1n) is 10.1. The quantitative estimate of drug-likeness (QED) is 0.797. The lowest BCUT2D eigenvalue weighted by Gasteiger charge is -2.50. The van der Waals surface area contributed by atoms with Gasteiger partial charge in [-0.1, -0.05) is 49.2 Å². The highest BCUT2D eigenvalue weighted by atomic mass is 32.2. The topological polar surface area (TPSA) is 88.5 Å². The van der Waals surface area contributed by atoms with Gasteiger partial charge >= 0.3 is 0 Å². The number of fused-ring (bicyclic) bond motifs is 1. The lowest BCUT2D eigenvalue weighted by Crippen LogP contribution is -2.59. The van der Waals surface area contributed by atoms with Crippen LogP contribution in [0.1, 0.15) is 38.5 Å². The van der Waals surface area contributed by atoms with Crippen molar-refractivity contribution in [3.05, 3.63) is 60.7 Å². The minimum absolute atomic E-state index is 0.0819. The van der Waals surface area contributed by atoms with Crippen molar-refractivity contribution in [2.75, 3.05) is 0 Å². The van der Waals surface area contributed by atoms with Crippen molar-refractivity contribution in [3.63, 3.8) is 0 Å². The Balaban J connectivity index is 1.78. The van der Waals surface area contributed by atoms with Crippen LogP contribution in [0.15, 0.2) is 70.5 Å². The van der Waals surface area contributed by atoms with Crippen LogP contribution < -0.4 is 0 Å². The van der Waals surface area contributed by atoms with E-state index in [2.05, 4.69) is 0 Å². The molecule has 4 rings (SSSR count). The molecule has 0 aromatic heterocycles. The van der Waals surface area contributed by atoms with E-state index in [9.17, 15) is 21.9 Å². The zero-order chi connectivity index (χ0) is 20.7. The Hall–Kier alpha value is -1.70. The molecule has 0 aliphatic heterocycles. The summed E-state index contributed by atoms with van der Waals surface area (Å²) < 4.78 is 53.6. The van der Waals surface area contributed by atoms with Gasteiger partial charge in [-0.05, 0) is 55.9 Å². The van der Waals surface area contributed by atoms with Crippen LogP contribution in [-0.4, -0.2) is 38.0 Å². The molecule has 2 saturated carbocycles. The van der Waals surface area contributed by atoms with Crippen molar-refractivity contribution in [2.45, 2.75) is 64.4 Å². The van der Waals surface area contributed by atoms with Gasteiger partial charge in [0.2, 0.25) is 0 Å². The summed E-state index contributed by atoms with van der Waals surface area (Å²) in [5.41, 5.74) is -1.38. The first-order chi connectivity index (χ1) is 13.8. The Morgan fingerprint density at radius 1 is 0.759 bits per heavy atom. The molecule has 1 N–H and O–H groups in total. The molecule has 5 nitrogen and oxygen atoms in total. The molecule has 29 heavy (non-hydrogen) atoms. The van der Waals surface area contributed by atoms with Crippen LogP contribution in [0.4, 0.5) is 0 Å². The molecule has 2 aromatic carbocycles. The van der Waals surface area contributed by atoms with E-state index in [0.29, 0.717) is 19.3 Å². The van der Waals surface area contributed by atoms with Crippen molar-refractivity contribution >= 4 is 19.7 Å². The summed E-state index contributed by atoms with van der Waals surface area (Å²) in [7, 11) is -7.57. The number of sulfone groups is 2. The van der Waals surface area contributed by atoms with Crippen molar-refractivity contribution in [3.8, 4) is 0 Å². The van der Waals surface area contributed by atoms with E-state index in [0.717, 1.165) is 12.8 Å². The normalized spacial score (nSPS) is 30.4. The molecule has 2 aliphatic carbocycles. The fourth-order valence-electron chi connectivity index (χ4n) is 5.08. The molecule has 0 unspecified atom stereocenters. The van der Waals surface area contributed by atoms with Crippen LogP contribution in [0.5, 0.6) is 0 Å². The second-order valence-electron chi connectivity index (χ2n) is 8.23. The molecule has 0 spiro atoms. The highest BCUT2D eigenvalue weighted by molar-refractivity contribution is 7.93. The second-order valence-corrected chi connectivity index (χ2v) is 12.6. The van der Waals surface area contributed by atoms with Crippen molar-refractivity contribution < 1.29 is 21.9 Å². The van der Waals surface area contributed by atoms with Gasteiger partial charge < -0.3 is 5.11 Å². The Bertz CT molecular complexity index is 1060. The van der Waals surface area contributed by atoms with Crippen LogP contribution in [0.2, 0.25) is 0 Å². The van der Waals surface area contributed by atoms with E-state index < -0.39 is 35.8 Å². The zero-order valence-electron chi connectivity index (χ0n) is 16.1. The second kappa shape index (κ2) is 7.52. The predicted molar refractivity (Wildman–Crippen MR) is 111 cm³/mol. The number of rotatable bonds is 4. The average molecular weight is 435 g/mol. The maximum Gasteiger partial charge on any atom is 0.184 e. The van der Waals surface area contributed by atoms with E-state index in [1.165, 1.54) is 12.1 Å². The highest BCUT2D eigenvalue weighted by Crippen LogP contribution is 2.49. The Morgan fingerprint density at radius 2 is 1.31 bits per heavy atom. The third-order valence-corrected chi connectivity index (χ3v) is 11.1. The molecule has 4 atom stereocenters. The molecule has 0 amide bonds. The SMILES string of the molecule is O=S(=O)(c1ccccc1)[C@@H]1C[C@@H]2CCCC[C@@]2(O)[C@@H](S(=O)(=O)c2ccccc2)C1. The summed E-state index contributed by atoms with van der Waals surface area (Å²) in [5, 5.41) is 9.58. The van der Waals surface area contributed by atoms with E-state index in [1.54, 1.807) is 48.5 Å². The van der Waals surface area contributed by atoms with Crippen molar-refractivity contribution in [2.24, 2.45) is 5.92 Å². The minimum atomic E-state index is -3.88. The van der Waals surface area contributed by atoms with E-state index in [1.807, 2.05) is 0 Å². The lowest BCUT2D eigenvalue weighted by atomic mass is 9.67. The fourth-order valence-corrected chi connectivity index (χ4v) is 9.25. The van der Waals surface area contributed by atoms with Crippen molar-refractivity contribution in [1.29, 1.82) is 0 Å². The van der Waals surface area contributed by atoms with Crippen LogP contribution in [0.25, 0.3) is 0 Å². The molecule has 156 valence electrons. The van der Waals surface area contributed by atoms with Crippen molar-refractivity contribution in [1.82, 2.24) is 0 Å². The lowest BCUT2D eigenvalue weighted by molar-refractivity contribution is -0.0699. The molecular formula is C22H26O5S2. The number of aliphatic hydroxyl groups is 1. The van der Waals surface area contributed by atoms with Gasteiger partial charge in [0.25, 0.3) is 0 Å². The van der Waals surface area contributed by atoms with E-state index in [4.69, 9.17) is 0 Å². The number of hydrogen-bond donors (Lipinski definition) is 1. The molecule has 7 heteroatoms. The van der Waals surface area contributed by atoms with Gasteiger partial charge in [-0.2, -0.15) is 0 Å². The molecule has 2 aromatic rings. The van der Waals surface area contributed by atoms with Gasteiger partial charge in [-0.15, -0.1) is 0 Å².